The Morgan fingerprint density at radius 2 is 1.73 bits per heavy atom. The number of carbonyl (C=O) groups is 2. The van der Waals surface area contributed by atoms with E-state index in [4.69, 9.17) is 0 Å². The van der Waals surface area contributed by atoms with Crippen LogP contribution in [0.5, 0.6) is 0 Å². The Labute approximate surface area is 68.0 Å². The summed E-state index contributed by atoms with van der Waals surface area (Å²) in [4.78, 5) is 22.1. The van der Waals surface area contributed by atoms with Crippen LogP contribution in [0, 0.1) is 11.8 Å². The number of Topliss-reactive ketones (excluding diaryl/α,β-unsaturated/α-hetero) is 2. The van der Waals surface area contributed by atoms with Crippen LogP contribution in [-0.2, 0) is 9.59 Å². The normalized spacial score (nSPS) is 15.6. The van der Waals surface area contributed by atoms with E-state index < -0.39 is 5.92 Å². The lowest BCUT2D eigenvalue weighted by molar-refractivity contribution is -0.133. The molecule has 2 heteroatoms. The molecule has 0 heterocycles. The number of rotatable bonds is 4. The van der Waals surface area contributed by atoms with Gasteiger partial charge in [0.15, 0.2) is 0 Å². The predicted molar refractivity (Wildman–Crippen MR) is 44.3 cm³/mol. The lowest BCUT2D eigenvalue weighted by atomic mass is 9.91. The molecule has 0 saturated carbocycles. The zero-order chi connectivity index (χ0) is 9.02. The zero-order valence-electron chi connectivity index (χ0n) is 7.68. The van der Waals surface area contributed by atoms with Gasteiger partial charge in [0.25, 0.3) is 0 Å². The van der Waals surface area contributed by atoms with Gasteiger partial charge in [0.2, 0.25) is 0 Å². The molecule has 0 aromatic heterocycles. The molecule has 0 radical (unpaired) electrons. The van der Waals surface area contributed by atoms with Crippen LogP contribution in [0.15, 0.2) is 0 Å². The van der Waals surface area contributed by atoms with Crippen LogP contribution < -0.4 is 0 Å². The van der Waals surface area contributed by atoms with E-state index in [2.05, 4.69) is 0 Å². The van der Waals surface area contributed by atoms with Crippen LogP contribution >= 0.6 is 0 Å². The van der Waals surface area contributed by atoms with Gasteiger partial charge in [-0.1, -0.05) is 13.8 Å². The molecule has 2 unspecified atom stereocenters. The van der Waals surface area contributed by atoms with Crippen molar-refractivity contribution >= 4 is 11.6 Å². The standard InChI is InChI=1S/C9H16O2/c1-5-6(2)9(11)7(3)8(4)10/h6-7H,5H2,1-4H3. The smallest absolute Gasteiger partial charge is 0.145 e. The molecule has 0 rings (SSSR count). The molecule has 0 saturated heterocycles. The van der Waals surface area contributed by atoms with Gasteiger partial charge in [-0.2, -0.15) is 0 Å². The van der Waals surface area contributed by atoms with Crippen LogP contribution in [0.25, 0.3) is 0 Å². The van der Waals surface area contributed by atoms with Crippen LogP contribution in [0.3, 0.4) is 0 Å². The van der Waals surface area contributed by atoms with Crippen molar-refractivity contribution in [2.75, 3.05) is 0 Å². The molecule has 0 spiro atoms. The SMILES string of the molecule is CCC(C)C(=O)C(C)C(C)=O. The van der Waals surface area contributed by atoms with E-state index in [0.717, 1.165) is 6.42 Å². The average molecular weight is 156 g/mol. The summed E-state index contributed by atoms with van der Waals surface area (Å²) in [5.41, 5.74) is 0. The van der Waals surface area contributed by atoms with Gasteiger partial charge < -0.3 is 0 Å². The van der Waals surface area contributed by atoms with Crippen molar-refractivity contribution in [2.45, 2.75) is 34.1 Å². The third-order valence-electron chi connectivity index (χ3n) is 2.13. The van der Waals surface area contributed by atoms with Crippen molar-refractivity contribution in [3.05, 3.63) is 0 Å². The summed E-state index contributed by atoms with van der Waals surface area (Å²) in [6, 6.07) is 0. The Morgan fingerprint density at radius 1 is 1.27 bits per heavy atom. The molecule has 0 N–H and O–H groups in total. The Balaban J connectivity index is 4.13. The van der Waals surface area contributed by atoms with Crippen molar-refractivity contribution in [2.24, 2.45) is 11.8 Å². The number of hydrogen-bond acceptors (Lipinski definition) is 2. The minimum absolute atomic E-state index is 0.0221. The predicted octanol–water partition coefficient (Wildman–Crippen LogP) is 1.83. The lowest BCUT2D eigenvalue weighted by Gasteiger charge is -2.11. The molecule has 2 atom stereocenters. The molecule has 64 valence electrons. The van der Waals surface area contributed by atoms with Gasteiger partial charge >= 0.3 is 0 Å². The second-order valence-corrected chi connectivity index (χ2v) is 3.04. The van der Waals surface area contributed by atoms with Gasteiger partial charge in [-0.3, -0.25) is 9.59 Å². The van der Waals surface area contributed by atoms with Crippen LogP contribution in [0.1, 0.15) is 34.1 Å². The molecular weight excluding hydrogens is 140 g/mol. The van der Waals surface area contributed by atoms with E-state index >= 15 is 0 Å². The lowest BCUT2D eigenvalue weighted by Crippen LogP contribution is -2.24. The van der Waals surface area contributed by atoms with Gasteiger partial charge in [-0.25, -0.2) is 0 Å². The molecular formula is C9H16O2. The molecule has 0 amide bonds. The van der Waals surface area contributed by atoms with Gasteiger partial charge in [-0.05, 0) is 20.3 Å². The van der Waals surface area contributed by atoms with Crippen LogP contribution in [0.2, 0.25) is 0 Å². The molecule has 0 aliphatic rings. The minimum atomic E-state index is -0.412. The fourth-order valence-corrected chi connectivity index (χ4v) is 0.828. The van der Waals surface area contributed by atoms with E-state index in [1.165, 1.54) is 6.92 Å². The topological polar surface area (TPSA) is 34.1 Å². The van der Waals surface area contributed by atoms with Crippen molar-refractivity contribution in [3.63, 3.8) is 0 Å². The van der Waals surface area contributed by atoms with Crippen molar-refractivity contribution < 1.29 is 9.59 Å². The zero-order valence-corrected chi connectivity index (χ0v) is 7.68. The third-order valence-corrected chi connectivity index (χ3v) is 2.13. The van der Waals surface area contributed by atoms with Crippen molar-refractivity contribution in [3.8, 4) is 0 Å². The first kappa shape index (κ1) is 10.3. The van der Waals surface area contributed by atoms with Gasteiger partial charge in [-0.15, -0.1) is 0 Å². The average Bonchev–Trinajstić information content (AvgIpc) is 2.00. The third kappa shape index (κ3) is 2.83. The molecule has 0 aromatic carbocycles. The monoisotopic (exact) mass is 156 g/mol. The highest BCUT2D eigenvalue weighted by Gasteiger charge is 2.21. The van der Waals surface area contributed by atoms with Crippen molar-refractivity contribution in [1.82, 2.24) is 0 Å². The Morgan fingerprint density at radius 3 is 2.00 bits per heavy atom. The Hall–Kier alpha value is -0.660. The number of hydrogen-bond donors (Lipinski definition) is 0. The molecule has 0 bridgehead atoms. The first-order chi connectivity index (χ1) is 5.00. The second-order valence-electron chi connectivity index (χ2n) is 3.04. The maximum Gasteiger partial charge on any atom is 0.145 e. The minimum Gasteiger partial charge on any atom is -0.299 e. The summed E-state index contributed by atoms with van der Waals surface area (Å²) < 4.78 is 0. The molecule has 0 aliphatic heterocycles. The summed E-state index contributed by atoms with van der Waals surface area (Å²) in [5.74, 6) is -0.353. The van der Waals surface area contributed by atoms with Gasteiger partial charge in [0.05, 0.1) is 5.92 Å². The molecule has 0 aliphatic carbocycles. The van der Waals surface area contributed by atoms with E-state index in [0.29, 0.717) is 0 Å². The first-order valence-electron chi connectivity index (χ1n) is 4.04. The largest absolute Gasteiger partial charge is 0.299 e. The second kappa shape index (κ2) is 4.27. The summed E-state index contributed by atoms with van der Waals surface area (Å²) in [6.07, 6.45) is 0.816. The molecule has 11 heavy (non-hydrogen) atoms. The highest BCUT2D eigenvalue weighted by atomic mass is 16.1. The van der Waals surface area contributed by atoms with Crippen molar-refractivity contribution in [1.29, 1.82) is 0 Å². The number of carbonyl (C=O) groups excluding carboxylic acids is 2. The maximum absolute atomic E-state index is 11.3. The van der Waals surface area contributed by atoms with Gasteiger partial charge in [0, 0.05) is 5.92 Å². The highest BCUT2D eigenvalue weighted by Crippen LogP contribution is 2.10. The summed E-state index contributed by atoms with van der Waals surface area (Å²) in [6.45, 7) is 6.96. The van der Waals surface area contributed by atoms with Gasteiger partial charge in [0.1, 0.15) is 11.6 Å². The number of ketones is 2. The molecule has 0 fully saturated rings. The van der Waals surface area contributed by atoms with E-state index in [9.17, 15) is 9.59 Å². The molecule has 0 aromatic rings. The summed E-state index contributed by atoms with van der Waals surface area (Å²) in [7, 11) is 0. The fraction of sp³-hybridized carbons (Fsp3) is 0.778. The maximum atomic E-state index is 11.3. The first-order valence-corrected chi connectivity index (χ1v) is 4.04. The Kier molecular flexibility index (Phi) is 4.01. The highest BCUT2D eigenvalue weighted by molar-refractivity contribution is 6.01. The van der Waals surface area contributed by atoms with E-state index in [1.54, 1.807) is 6.92 Å². The quantitative estimate of drug-likeness (QED) is 0.582. The van der Waals surface area contributed by atoms with E-state index in [1.807, 2.05) is 13.8 Å². The molecule has 2 nitrogen and oxygen atoms in total. The van der Waals surface area contributed by atoms with Crippen LogP contribution in [0.4, 0.5) is 0 Å². The van der Waals surface area contributed by atoms with Crippen LogP contribution in [-0.4, -0.2) is 11.6 Å². The summed E-state index contributed by atoms with van der Waals surface area (Å²) >= 11 is 0. The fourth-order valence-electron chi connectivity index (χ4n) is 0.828. The van der Waals surface area contributed by atoms with E-state index in [-0.39, 0.29) is 17.5 Å². The summed E-state index contributed by atoms with van der Waals surface area (Å²) in [5, 5.41) is 0. The Bertz CT molecular complexity index is 161.